The molecule has 122 valence electrons. The normalized spacial score (nSPS) is 16.9. The zero-order valence-electron chi connectivity index (χ0n) is 13.4. The van der Waals surface area contributed by atoms with E-state index in [1.54, 1.807) is 30.5 Å². The number of methoxy groups -OCH3 is 2. The molecule has 0 radical (unpaired) electrons. The van der Waals surface area contributed by atoms with E-state index in [9.17, 15) is 4.79 Å². The molecule has 4 rings (SSSR count). The van der Waals surface area contributed by atoms with Crippen LogP contribution in [0.25, 0.3) is 11.0 Å². The molecule has 2 aromatic carbocycles. The molecule has 6 heteroatoms. The lowest BCUT2D eigenvalue weighted by Gasteiger charge is -2.22. The minimum atomic E-state index is 0.0154. The van der Waals surface area contributed by atoms with Gasteiger partial charge in [-0.1, -0.05) is 30.0 Å². The van der Waals surface area contributed by atoms with Crippen LogP contribution in [-0.2, 0) is 0 Å². The average molecular weight is 340 g/mol. The fourth-order valence-corrected chi connectivity index (χ4v) is 4.20. The number of imidazole rings is 1. The fourth-order valence-electron chi connectivity index (χ4n) is 2.98. The highest BCUT2D eigenvalue weighted by Crippen LogP contribution is 2.44. The topological polar surface area (TPSA) is 53.4 Å². The Kier molecular flexibility index (Phi) is 3.69. The minimum Gasteiger partial charge on any atom is -0.493 e. The quantitative estimate of drug-likeness (QED) is 0.723. The maximum absolute atomic E-state index is 12.7. The third kappa shape index (κ3) is 2.34. The van der Waals surface area contributed by atoms with Gasteiger partial charge in [0.05, 0.1) is 25.3 Å². The Bertz CT molecular complexity index is 935. The summed E-state index contributed by atoms with van der Waals surface area (Å²) in [7, 11) is 3.22. The highest BCUT2D eigenvalue weighted by Gasteiger charge is 2.30. The van der Waals surface area contributed by atoms with Gasteiger partial charge in [0.1, 0.15) is 0 Å². The van der Waals surface area contributed by atoms with E-state index >= 15 is 0 Å². The van der Waals surface area contributed by atoms with E-state index in [1.807, 2.05) is 42.5 Å². The Morgan fingerprint density at radius 2 is 1.92 bits per heavy atom. The van der Waals surface area contributed by atoms with Crippen LogP contribution in [0.1, 0.15) is 22.0 Å². The van der Waals surface area contributed by atoms with Crippen molar-refractivity contribution in [2.75, 3.05) is 14.2 Å². The summed E-state index contributed by atoms with van der Waals surface area (Å²) < 4.78 is 12.4. The van der Waals surface area contributed by atoms with Gasteiger partial charge >= 0.3 is 0 Å². The zero-order valence-corrected chi connectivity index (χ0v) is 14.2. The van der Waals surface area contributed by atoms with Crippen molar-refractivity contribution >= 4 is 28.7 Å². The van der Waals surface area contributed by atoms with Crippen LogP contribution in [0.5, 0.6) is 11.5 Å². The summed E-state index contributed by atoms with van der Waals surface area (Å²) in [4.78, 5) is 17.3. The van der Waals surface area contributed by atoms with Gasteiger partial charge in [0.15, 0.2) is 16.7 Å². The van der Waals surface area contributed by atoms with Gasteiger partial charge in [0.25, 0.3) is 0 Å². The number of fused-ring (bicyclic) bond motifs is 3. The second-order valence-electron chi connectivity index (χ2n) is 5.54. The molecule has 1 atom stereocenters. The molecule has 0 fully saturated rings. The smallest absolute Gasteiger partial charge is 0.234 e. The largest absolute Gasteiger partial charge is 0.493 e. The predicted octanol–water partition coefficient (Wildman–Crippen LogP) is 3.93. The summed E-state index contributed by atoms with van der Waals surface area (Å²) in [6, 6.07) is 13.5. The van der Waals surface area contributed by atoms with Crippen LogP contribution >= 0.6 is 11.8 Å². The molecule has 0 unspecified atom stereocenters. The van der Waals surface area contributed by atoms with Crippen molar-refractivity contribution in [1.29, 1.82) is 0 Å². The number of benzene rings is 2. The van der Waals surface area contributed by atoms with Crippen LogP contribution in [0.3, 0.4) is 0 Å². The fraction of sp³-hybridized carbons (Fsp3) is 0.222. The van der Waals surface area contributed by atoms with Gasteiger partial charge in [-0.05, 0) is 29.8 Å². The summed E-state index contributed by atoms with van der Waals surface area (Å²) in [6.07, 6.45) is 0.424. The molecule has 3 aromatic rings. The van der Waals surface area contributed by atoms with Crippen LogP contribution in [0.4, 0.5) is 0 Å². The van der Waals surface area contributed by atoms with Crippen molar-refractivity contribution in [1.82, 2.24) is 9.55 Å². The third-order valence-corrected chi connectivity index (χ3v) is 5.37. The van der Waals surface area contributed by atoms with Gasteiger partial charge in [-0.15, -0.1) is 0 Å². The van der Waals surface area contributed by atoms with Crippen molar-refractivity contribution in [2.24, 2.45) is 0 Å². The number of hydrogen-bond acceptors (Lipinski definition) is 5. The number of carbonyl (C=O) groups excluding carboxylic acids is 1. The van der Waals surface area contributed by atoms with Gasteiger partial charge in [0.2, 0.25) is 5.91 Å². The molecule has 0 N–H and O–H groups in total. The molecule has 0 bridgehead atoms. The van der Waals surface area contributed by atoms with Gasteiger partial charge in [-0.3, -0.25) is 9.36 Å². The third-order valence-electron chi connectivity index (χ3n) is 4.17. The van der Waals surface area contributed by atoms with E-state index in [0.717, 1.165) is 21.8 Å². The van der Waals surface area contributed by atoms with Crippen molar-refractivity contribution in [3.63, 3.8) is 0 Å². The van der Waals surface area contributed by atoms with Crippen LogP contribution in [0.15, 0.2) is 47.6 Å². The predicted molar refractivity (Wildman–Crippen MR) is 93.1 cm³/mol. The SMILES string of the molecule is COc1ccc([C@@H]2CC(=O)n3c(nc4ccccc43)S2)cc1OC. The first-order valence-corrected chi connectivity index (χ1v) is 8.48. The standard InChI is InChI=1S/C18H16N2O3S/c1-22-14-8-7-11(9-15(14)23-2)16-10-17(21)20-13-6-4-3-5-12(13)19-18(20)24-16/h3-9,16H,10H2,1-2H3/t16-/m0/s1. The molecule has 0 amide bonds. The van der Waals surface area contributed by atoms with E-state index < -0.39 is 0 Å². The Morgan fingerprint density at radius 1 is 1.12 bits per heavy atom. The Balaban J connectivity index is 1.74. The van der Waals surface area contributed by atoms with Crippen LogP contribution < -0.4 is 9.47 Å². The summed E-state index contributed by atoms with van der Waals surface area (Å²) >= 11 is 1.61. The van der Waals surface area contributed by atoms with Crippen molar-refractivity contribution in [3.8, 4) is 11.5 Å². The second-order valence-corrected chi connectivity index (χ2v) is 6.71. The summed E-state index contributed by atoms with van der Waals surface area (Å²) in [5.41, 5.74) is 2.75. The Labute approximate surface area is 143 Å². The Hall–Kier alpha value is -2.47. The lowest BCUT2D eigenvalue weighted by Crippen LogP contribution is -2.19. The monoisotopic (exact) mass is 340 g/mol. The molecule has 2 heterocycles. The molecule has 24 heavy (non-hydrogen) atoms. The number of carbonyl (C=O) groups is 1. The first-order chi connectivity index (χ1) is 11.7. The maximum Gasteiger partial charge on any atom is 0.234 e. The van der Waals surface area contributed by atoms with E-state index in [-0.39, 0.29) is 11.2 Å². The lowest BCUT2D eigenvalue weighted by atomic mass is 10.1. The average Bonchev–Trinajstić information content (AvgIpc) is 2.99. The molecule has 5 nitrogen and oxygen atoms in total. The van der Waals surface area contributed by atoms with Crippen LogP contribution in [-0.4, -0.2) is 29.7 Å². The van der Waals surface area contributed by atoms with Gasteiger partial charge < -0.3 is 9.47 Å². The van der Waals surface area contributed by atoms with Gasteiger partial charge in [0, 0.05) is 11.7 Å². The second kappa shape index (κ2) is 5.87. The molecule has 1 aromatic heterocycles. The molecule has 1 aliphatic rings. The minimum absolute atomic E-state index is 0.0154. The maximum atomic E-state index is 12.7. The van der Waals surface area contributed by atoms with Gasteiger partial charge in [-0.25, -0.2) is 4.98 Å². The molecule has 1 aliphatic heterocycles. The van der Waals surface area contributed by atoms with E-state index in [1.165, 1.54) is 0 Å². The number of hydrogen-bond donors (Lipinski definition) is 0. The summed E-state index contributed by atoms with van der Waals surface area (Å²) in [5, 5.41) is 0.758. The molecule has 0 saturated heterocycles. The Morgan fingerprint density at radius 3 is 2.71 bits per heavy atom. The molecular formula is C18H16N2O3S. The first-order valence-electron chi connectivity index (χ1n) is 7.60. The molecule has 0 aliphatic carbocycles. The number of ether oxygens (including phenoxy) is 2. The number of rotatable bonds is 3. The van der Waals surface area contributed by atoms with Gasteiger partial charge in [-0.2, -0.15) is 0 Å². The van der Waals surface area contributed by atoms with Crippen molar-refractivity contribution in [3.05, 3.63) is 48.0 Å². The highest BCUT2D eigenvalue weighted by atomic mass is 32.2. The molecular weight excluding hydrogens is 324 g/mol. The van der Waals surface area contributed by atoms with E-state index in [0.29, 0.717) is 17.9 Å². The molecule has 0 spiro atoms. The van der Waals surface area contributed by atoms with E-state index in [4.69, 9.17) is 9.47 Å². The number of nitrogens with zero attached hydrogens (tertiary/aromatic N) is 2. The van der Waals surface area contributed by atoms with E-state index in [2.05, 4.69) is 4.98 Å². The number of para-hydroxylation sites is 2. The van der Waals surface area contributed by atoms with Crippen molar-refractivity contribution in [2.45, 2.75) is 16.8 Å². The van der Waals surface area contributed by atoms with Crippen LogP contribution in [0.2, 0.25) is 0 Å². The summed E-state index contributed by atoms with van der Waals surface area (Å²) in [5.74, 6) is 1.42. The zero-order chi connectivity index (χ0) is 16.7. The number of thioether (sulfide) groups is 1. The first kappa shape index (κ1) is 15.1. The molecule has 0 saturated carbocycles. The highest BCUT2D eigenvalue weighted by molar-refractivity contribution is 7.99. The summed E-state index contributed by atoms with van der Waals surface area (Å²) in [6.45, 7) is 0. The van der Waals surface area contributed by atoms with Crippen molar-refractivity contribution < 1.29 is 14.3 Å². The lowest BCUT2D eigenvalue weighted by molar-refractivity contribution is 0.0891. The number of aromatic nitrogens is 2. The van der Waals surface area contributed by atoms with Crippen LogP contribution in [0, 0.1) is 0 Å².